The number of hydrogen-bond acceptors (Lipinski definition) is 2. The number of ether oxygens (including phenoxy) is 1. The number of rotatable bonds is 3. The topological polar surface area (TPSA) is 38.3 Å². The Morgan fingerprint density at radius 2 is 1.65 bits per heavy atom. The highest BCUT2D eigenvalue weighted by atomic mass is 79.9. The van der Waals surface area contributed by atoms with Crippen molar-refractivity contribution in [3.63, 3.8) is 0 Å². The van der Waals surface area contributed by atoms with Crippen molar-refractivity contribution in [2.45, 2.75) is 6.61 Å². The zero-order chi connectivity index (χ0) is 14.5. The maximum Gasteiger partial charge on any atom is 0.412 e. The van der Waals surface area contributed by atoms with Gasteiger partial charge in [0.1, 0.15) is 6.61 Å². The van der Waals surface area contributed by atoms with Crippen LogP contribution in [-0.4, -0.2) is 6.09 Å². The molecule has 0 aromatic heterocycles. The fraction of sp³-hybridized carbons (Fsp3) is 0.0714. The minimum absolute atomic E-state index is 0.235. The van der Waals surface area contributed by atoms with Gasteiger partial charge in [0, 0.05) is 13.4 Å². The molecule has 0 aliphatic heterocycles. The van der Waals surface area contributed by atoms with Crippen molar-refractivity contribution in [3.8, 4) is 0 Å². The molecule has 0 saturated heterocycles. The van der Waals surface area contributed by atoms with Crippen LogP contribution in [0, 0.1) is 0 Å². The predicted octanol–water partition coefficient (Wildman–Crippen LogP) is 5.72. The summed E-state index contributed by atoms with van der Waals surface area (Å²) in [4.78, 5) is 11.8. The van der Waals surface area contributed by atoms with Crippen molar-refractivity contribution in [3.05, 3.63) is 61.4 Å². The van der Waals surface area contributed by atoms with Gasteiger partial charge in [-0.05, 0) is 49.6 Å². The van der Waals surface area contributed by atoms with Crippen molar-refractivity contribution >= 4 is 59.6 Å². The average Bonchev–Trinajstić information content (AvgIpc) is 2.42. The molecule has 1 amide bonds. The van der Waals surface area contributed by atoms with Crippen LogP contribution >= 0.6 is 47.8 Å². The SMILES string of the molecule is O=C(Nc1c(Br)cc(Br)cc1Br)OCc1ccccc1. The van der Waals surface area contributed by atoms with E-state index < -0.39 is 6.09 Å². The molecule has 0 atom stereocenters. The van der Waals surface area contributed by atoms with Gasteiger partial charge in [0.25, 0.3) is 0 Å². The molecule has 0 radical (unpaired) electrons. The number of carbonyl (C=O) groups excluding carboxylic acids is 1. The zero-order valence-corrected chi connectivity index (χ0v) is 15.0. The molecule has 0 aliphatic rings. The van der Waals surface area contributed by atoms with Crippen LogP contribution < -0.4 is 5.32 Å². The Balaban J connectivity index is 1.98. The third-order valence-corrected chi connectivity index (χ3v) is 4.16. The van der Waals surface area contributed by atoms with Gasteiger partial charge in [-0.25, -0.2) is 4.79 Å². The van der Waals surface area contributed by atoms with E-state index >= 15 is 0 Å². The van der Waals surface area contributed by atoms with Gasteiger partial charge in [0.2, 0.25) is 0 Å². The van der Waals surface area contributed by atoms with Crippen LogP contribution in [0.15, 0.2) is 55.9 Å². The molecular formula is C14H10Br3NO2. The number of nitrogens with one attached hydrogen (secondary N) is 1. The van der Waals surface area contributed by atoms with Crippen molar-refractivity contribution in [2.75, 3.05) is 5.32 Å². The summed E-state index contributed by atoms with van der Waals surface area (Å²) in [5, 5.41) is 2.70. The minimum Gasteiger partial charge on any atom is -0.444 e. The van der Waals surface area contributed by atoms with Gasteiger partial charge in [-0.2, -0.15) is 0 Å². The van der Waals surface area contributed by atoms with E-state index in [1.165, 1.54) is 0 Å². The van der Waals surface area contributed by atoms with E-state index in [2.05, 4.69) is 53.1 Å². The molecule has 104 valence electrons. The highest BCUT2D eigenvalue weighted by Crippen LogP contribution is 2.34. The van der Waals surface area contributed by atoms with Crippen LogP contribution in [-0.2, 0) is 11.3 Å². The molecule has 1 N–H and O–H groups in total. The first-order valence-corrected chi connectivity index (χ1v) is 8.06. The summed E-state index contributed by atoms with van der Waals surface area (Å²) in [7, 11) is 0. The summed E-state index contributed by atoms with van der Waals surface area (Å²) in [6.07, 6.45) is -0.502. The number of hydrogen-bond donors (Lipinski definition) is 1. The van der Waals surface area contributed by atoms with Crippen LogP contribution in [0.1, 0.15) is 5.56 Å². The van der Waals surface area contributed by atoms with Gasteiger partial charge in [0.15, 0.2) is 0 Å². The maximum atomic E-state index is 11.8. The van der Waals surface area contributed by atoms with Gasteiger partial charge >= 0.3 is 6.09 Å². The Bertz CT molecular complexity index is 594. The number of halogens is 3. The maximum absolute atomic E-state index is 11.8. The molecule has 3 nitrogen and oxygen atoms in total. The highest BCUT2D eigenvalue weighted by molar-refractivity contribution is 9.11. The summed E-state index contributed by atoms with van der Waals surface area (Å²) in [5.74, 6) is 0. The second kappa shape index (κ2) is 7.24. The lowest BCUT2D eigenvalue weighted by Crippen LogP contribution is -2.14. The summed E-state index contributed by atoms with van der Waals surface area (Å²) < 4.78 is 7.59. The van der Waals surface area contributed by atoms with E-state index in [-0.39, 0.29) is 6.61 Å². The van der Waals surface area contributed by atoms with Crippen LogP contribution in [0.5, 0.6) is 0 Å². The summed E-state index contributed by atoms with van der Waals surface area (Å²) in [6.45, 7) is 0.235. The molecule has 0 aliphatic carbocycles. The summed E-state index contributed by atoms with van der Waals surface area (Å²) in [6, 6.07) is 13.2. The third-order valence-electron chi connectivity index (χ3n) is 2.45. The number of anilines is 1. The molecule has 0 spiro atoms. The van der Waals surface area contributed by atoms with Gasteiger partial charge < -0.3 is 4.74 Å². The molecule has 2 aromatic rings. The molecule has 0 bridgehead atoms. The molecule has 2 rings (SSSR count). The van der Waals surface area contributed by atoms with E-state index in [0.29, 0.717) is 5.69 Å². The van der Waals surface area contributed by atoms with E-state index in [0.717, 1.165) is 19.0 Å². The predicted molar refractivity (Wildman–Crippen MR) is 89.8 cm³/mol. The first-order chi connectivity index (χ1) is 9.56. The van der Waals surface area contributed by atoms with E-state index in [4.69, 9.17) is 4.74 Å². The first-order valence-electron chi connectivity index (χ1n) is 5.68. The molecule has 2 aromatic carbocycles. The first kappa shape index (κ1) is 15.5. The molecule has 0 fully saturated rings. The van der Waals surface area contributed by atoms with E-state index in [1.54, 1.807) is 0 Å². The Morgan fingerprint density at radius 1 is 1.05 bits per heavy atom. The van der Waals surface area contributed by atoms with Crippen LogP contribution in [0.3, 0.4) is 0 Å². The van der Waals surface area contributed by atoms with Crippen LogP contribution in [0.2, 0.25) is 0 Å². The van der Waals surface area contributed by atoms with Crippen molar-refractivity contribution in [1.82, 2.24) is 0 Å². The summed E-state index contributed by atoms with van der Waals surface area (Å²) >= 11 is 10.2. The van der Waals surface area contributed by atoms with Crippen LogP contribution in [0.25, 0.3) is 0 Å². The normalized spacial score (nSPS) is 10.2. The van der Waals surface area contributed by atoms with Gasteiger partial charge in [-0.3, -0.25) is 5.32 Å². The average molecular weight is 464 g/mol. The standard InChI is InChI=1S/C14H10Br3NO2/c15-10-6-11(16)13(12(17)7-10)18-14(19)20-8-9-4-2-1-3-5-9/h1-7H,8H2,(H,18,19). The van der Waals surface area contributed by atoms with Gasteiger partial charge in [0.05, 0.1) is 5.69 Å². The monoisotopic (exact) mass is 461 g/mol. The molecule has 6 heteroatoms. The minimum atomic E-state index is -0.502. The second-order valence-electron chi connectivity index (χ2n) is 3.93. The molecule has 0 saturated carbocycles. The second-order valence-corrected chi connectivity index (χ2v) is 6.56. The van der Waals surface area contributed by atoms with Crippen molar-refractivity contribution < 1.29 is 9.53 Å². The lowest BCUT2D eigenvalue weighted by atomic mass is 10.2. The number of amides is 1. The lowest BCUT2D eigenvalue weighted by Gasteiger charge is -2.11. The quantitative estimate of drug-likeness (QED) is 0.632. The molecule has 0 heterocycles. The van der Waals surface area contributed by atoms with E-state index in [1.807, 2.05) is 42.5 Å². The van der Waals surface area contributed by atoms with Gasteiger partial charge in [-0.15, -0.1) is 0 Å². The molecular weight excluding hydrogens is 454 g/mol. The Labute approximate surface area is 142 Å². The van der Waals surface area contributed by atoms with Crippen LogP contribution in [0.4, 0.5) is 10.5 Å². The summed E-state index contributed by atoms with van der Waals surface area (Å²) in [5.41, 5.74) is 1.57. The number of benzene rings is 2. The van der Waals surface area contributed by atoms with Crippen molar-refractivity contribution in [2.24, 2.45) is 0 Å². The molecule has 20 heavy (non-hydrogen) atoms. The Kier molecular flexibility index (Phi) is 5.63. The molecule has 0 unspecified atom stereocenters. The van der Waals surface area contributed by atoms with E-state index in [9.17, 15) is 4.79 Å². The highest BCUT2D eigenvalue weighted by Gasteiger charge is 2.11. The van der Waals surface area contributed by atoms with Gasteiger partial charge in [-0.1, -0.05) is 46.3 Å². The lowest BCUT2D eigenvalue weighted by molar-refractivity contribution is 0.155. The van der Waals surface area contributed by atoms with Crippen molar-refractivity contribution in [1.29, 1.82) is 0 Å². The fourth-order valence-corrected chi connectivity index (χ4v) is 3.98. The Hall–Kier alpha value is -0.850. The number of carbonyl (C=O) groups is 1. The smallest absolute Gasteiger partial charge is 0.412 e. The zero-order valence-electron chi connectivity index (χ0n) is 10.2. The largest absolute Gasteiger partial charge is 0.444 e. The fourth-order valence-electron chi connectivity index (χ4n) is 1.52. The third kappa shape index (κ3) is 4.33. The Morgan fingerprint density at radius 3 is 2.25 bits per heavy atom.